The van der Waals surface area contributed by atoms with Crippen molar-refractivity contribution in [3.63, 3.8) is 0 Å². The van der Waals surface area contributed by atoms with Gasteiger partial charge in [0.15, 0.2) is 0 Å². The summed E-state index contributed by atoms with van der Waals surface area (Å²) in [5.41, 5.74) is 7.52. The van der Waals surface area contributed by atoms with Crippen LogP contribution in [0.3, 0.4) is 0 Å². The van der Waals surface area contributed by atoms with Gasteiger partial charge in [0.05, 0.1) is 11.0 Å². The van der Waals surface area contributed by atoms with Gasteiger partial charge in [0.2, 0.25) is 0 Å². The van der Waals surface area contributed by atoms with Gasteiger partial charge in [-0.3, -0.25) is 9.97 Å². The molecule has 0 saturated heterocycles. The van der Waals surface area contributed by atoms with Gasteiger partial charge in [0, 0.05) is 22.2 Å². The van der Waals surface area contributed by atoms with E-state index in [-0.39, 0.29) is 45.4 Å². The Labute approximate surface area is 261 Å². The maximum atomic E-state index is 11.6. The van der Waals surface area contributed by atoms with Crippen LogP contribution in [0.4, 0.5) is 0 Å². The molecule has 0 aliphatic rings. The van der Waals surface area contributed by atoms with Gasteiger partial charge >= 0.3 is 17.4 Å². The fourth-order valence-corrected chi connectivity index (χ4v) is 4.58. The molecule has 0 amide bonds. The van der Waals surface area contributed by atoms with Crippen molar-refractivity contribution in [3.05, 3.63) is 100 Å². The van der Waals surface area contributed by atoms with Gasteiger partial charge in [-0.05, 0) is 72.9 Å². The Morgan fingerprint density at radius 1 is 0.524 bits per heavy atom. The number of benzene rings is 3. The van der Waals surface area contributed by atoms with E-state index in [0.717, 1.165) is 44.4 Å². The summed E-state index contributed by atoms with van der Waals surface area (Å²) < 4.78 is 0. The zero-order valence-electron chi connectivity index (χ0n) is 26.5. The van der Waals surface area contributed by atoms with Crippen molar-refractivity contribution in [1.82, 2.24) is 9.97 Å². The van der Waals surface area contributed by atoms with Gasteiger partial charge in [0.1, 0.15) is 0 Å². The average Bonchev–Trinajstić information content (AvgIpc) is 2.85. The fraction of sp³-hybridized carbons (Fsp3) is 0.333. The number of aromatic nitrogens is 2. The Bertz CT molecular complexity index is 1560. The normalized spacial score (nSPS) is 11.2. The van der Waals surface area contributed by atoms with Crippen LogP contribution < -0.4 is 15.3 Å². The Kier molecular flexibility index (Phi) is 11.2. The monoisotopic (exact) mass is 576 g/mol. The molecule has 0 fully saturated rings. The molecule has 0 saturated carbocycles. The van der Waals surface area contributed by atoms with Crippen molar-refractivity contribution < 1.29 is 15.3 Å². The van der Waals surface area contributed by atoms with E-state index in [1.165, 1.54) is 0 Å². The van der Waals surface area contributed by atoms with Crippen molar-refractivity contribution in [2.24, 2.45) is 0 Å². The van der Waals surface area contributed by atoms with E-state index in [0.29, 0.717) is 11.0 Å². The first-order valence-electron chi connectivity index (χ1n) is 13.9. The summed E-state index contributed by atoms with van der Waals surface area (Å²) in [5, 5.41) is 36.4. The van der Waals surface area contributed by atoms with Crippen LogP contribution in [0, 0.1) is 27.7 Å². The molecule has 42 heavy (non-hydrogen) atoms. The van der Waals surface area contributed by atoms with Crippen molar-refractivity contribution in [3.8, 4) is 17.2 Å². The minimum absolute atomic E-state index is 0. The summed E-state index contributed by atoms with van der Waals surface area (Å²) in [4.78, 5) is 8.45. The third-order valence-electron chi connectivity index (χ3n) is 6.91. The number of rotatable bonds is 0. The van der Waals surface area contributed by atoms with E-state index in [1.807, 2.05) is 52.0 Å². The SMILES string of the molecule is CC(C)(C)c1cc([O-])cc(C(C)(C)C)c1.Cc1cc(C)c2cccc([O-])c2n1.Cc1cc(C)c2cccc([O-])c2n1.[Al+3]. The fourth-order valence-electron chi connectivity index (χ4n) is 4.58. The van der Waals surface area contributed by atoms with E-state index in [1.54, 1.807) is 36.4 Å². The third kappa shape index (κ3) is 8.71. The molecule has 0 radical (unpaired) electrons. The Balaban J connectivity index is 0.000000218. The number of hydrogen-bond donors (Lipinski definition) is 0. The molecule has 0 aliphatic carbocycles. The van der Waals surface area contributed by atoms with Gasteiger partial charge < -0.3 is 15.3 Å². The van der Waals surface area contributed by atoms with Gasteiger partial charge in [-0.15, -0.1) is 5.75 Å². The molecule has 0 aliphatic heterocycles. The summed E-state index contributed by atoms with van der Waals surface area (Å²) in [6.45, 7) is 20.6. The molecule has 5 nitrogen and oxygen atoms in total. The largest absolute Gasteiger partial charge is 3.00 e. The summed E-state index contributed by atoms with van der Waals surface area (Å²) in [6, 6.07) is 20.1. The molecule has 3 aromatic carbocycles. The summed E-state index contributed by atoms with van der Waals surface area (Å²) in [6.07, 6.45) is 0. The Hall–Kier alpha value is -3.59. The molecule has 0 spiro atoms. The van der Waals surface area contributed by atoms with Crippen LogP contribution in [-0.2, 0) is 10.8 Å². The first-order valence-corrected chi connectivity index (χ1v) is 13.9. The van der Waals surface area contributed by atoms with Crippen LogP contribution in [-0.4, -0.2) is 27.3 Å². The van der Waals surface area contributed by atoms with Crippen LogP contribution in [0.1, 0.15) is 75.2 Å². The molecule has 0 atom stereocenters. The first-order chi connectivity index (χ1) is 19.0. The second-order valence-corrected chi connectivity index (χ2v) is 12.7. The van der Waals surface area contributed by atoms with E-state index >= 15 is 0 Å². The maximum Gasteiger partial charge on any atom is 3.00 e. The number of para-hydroxylation sites is 2. The standard InChI is InChI=1S/C14H22O.2C11H11NO.Al/c1-13(2,3)10-7-11(14(4,5)6)9-12(15)8-10;2*1-7-6-8(2)12-11-9(7)4-3-5-10(11)13;/h7-9,15H,1-6H3;2*3-6,13H,1-2H3;/q;;;+3/p-3. The Morgan fingerprint density at radius 2 is 0.881 bits per heavy atom. The number of aryl methyl sites for hydroxylation is 4. The second kappa shape index (κ2) is 13.6. The molecule has 0 N–H and O–H groups in total. The van der Waals surface area contributed by atoms with Crippen LogP contribution >= 0.6 is 0 Å². The minimum atomic E-state index is 0. The third-order valence-corrected chi connectivity index (χ3v) is 6.91. The van der Waals surface area contributed by atoms with E-state index < -0.39 is 0 Å². The van der Waals surface area contributed by atoms with Gasteiger partial charge in [-0.25, -0.2) is 0 Å². The van der Waals surface area contributed by atoms with Gasteiger partial charge in [-0.1, -0.05) is 108 Å². The van der Waals surface area contributed by atoms with E-state index in [4.69, 9.17) is 0 Å². The van der Waals surface area contributed by atoms with Crippen LogP contribution in [0.2, 0.25) is 0 Å². The average molecular weight is 577 g/mol. The van der Waals surface area contributed by atoms with Crippen molar-refractivity contribution in [1.29, 1.82) is 0 Å². The first kappa shape index (κ1) is 34.6. The predicted molar refractivity (Wildman–Crippen MR) is 170 cm³/mol. The molecule has 6 heteroatoms. The van der Waals surface area contributed by atoms with Crippen LogP contribution in [0.25, 0.3) is 21.8 Å². The Morgan fingerprint density at radius 3 is 1.21 bits per heavy atom. The minimum Gasteiger partial charge on any atom is -0.872 e. The number of pyridine rings is 2. The molecule has 5 rings (SSSR count). The molecule has 0 bridgehead atoms. The number of nitrogens with zero attached hydrogens (tertiary/aromatic N) is 2. The van der Waals surface area contributed by atoms with Crippen LogP contribution in [0.15, 0.2) is 66.7 Å². The van der Waals surface area contributed by atoms with E-state index in [2.05, 4.69) is 57.6 Å². The van der Waals surface area contributed by atoms with Crippen molar-refractivity contribution in [2.75, 3.05) is 0 Å². The van der Waals surface area contributed by atoms with Crippen molar-refractivity contribution >= 4 is 39.2 Å². The van der Waals surface area contributed by atoms with Crippen molar-refractivity contribution in [2.45, 2.75) is 80.1 Å². The molecule has 0 unspecified atom stereocenters. The molecular weight excluding hydrogens is 535 g/mol. The molecule has 216 valence electrons. The summed E-state index contributed by atoms with van der Waals surface area (Å²) in [7, 11) is 0. The quantitative estimate of drug-likeness (QED) is 0.188. The second-order valence-electron chi connectivity index (χ2n) is 12.7. The summed E-state index contributed by atoms with van der Waals surface area (Å²) in [5.74, 6) is 0.126. The zero-order chi connectivity index (χ0) is 30.7. The molecular formula is C36H41AlN2O3. The number of hydrogen-bond acceptors (Lipinski definition) is 5. The van der Waals surface area contributed by atoms with Gasteiger partial charge in [-0.2, -0.15) is 0 Å². The molecule has 2 heterocycles. The van der Waals surface area contributed by atoms with E-state index in [9.17, 15) is 15.3 Å². The van der Waals surface area contributed by atoms with Gasteiger partial charge in [0.25, 0.3) is 0 Å². The van der Waals surface area contributed by atoms with Crippen LogP contribution in [0.5, 0.6) is 17.2 Å². The summed E-state index contributed by atoms with van der Waals surface area (Å²) >= 11 is 0. The maximum absolute atomic E-state index is 11.6. The number of fused-ring (bicyclic) bond motifs is 2. The molecule has 5 aromatic rings. The zero-order valence-corrected chi connectivity index (χ0v) is 27.7. The topological polar surface area (TPSA) is 95.0 Å². The predicted octanol–water partition coefficient (Wildman–Crippen LogP) is 6.82. The molecule has 2 aromatic heterocycles. The smallest absolute Gasteiger partial charge is 0.872 e.